The molecule has 0 saturated heterocycles. The van der Waals surface area contributed by atoms with E-state index in [2.05, 4.69) is 10.1 Å². The maximum Gasteiger partial charge on any atom is 0.346 e. The molecule has 1 unspecified atom stereocenters. The Morgan fingerprint density at radius 3 is 2.30 bits per heavy atom. The molecule has 0 fully saturated rings. The molecule has 0 aliphatic carbocycles. The second-order valence-corrected chi connectivity index (χ2v) is 6.96. The monoisotopic (exact) mass is 300 g/mol. The molecule has 0 saturated carbocycles. The largest absolute Gasteiger partial charge is 0.480 e. The number of carbonyl (C=O) groups is 2. The molecule has 1 heterocycles. The molecule has 0 aliphatic rings. The van der Waals surface area contributed by atoms with Gasteiger partial charge in [0.15, 0.2) is 11.0 Å². The molecule has 1 amide bonds. The van der Waals surface area contributed by atoms with Gasteiger partial charge in [0.05, 0.1) is 0 Å². The summed E-state index contributed by atoms with van der Waals surface area (Å²) in [4.78, 5) is 28.7. The molecule has 1 rings (SSSR count). The van der Waals surface area contributed by atoms with Gasteiger partial charge in [-0.05, 0) is 6.92 Å². The Bertz CT molecular complexity index is 519. The van der Waals surface area contributed by atoms with Crippen molar-refractivity contribution in [1.82, 2.24) is 19.7 Å². The second-order valence-electron chi connectivity index (χ2n) is 5.66. The van der Waals surface area contributed by atoms with Gasteiger partial charge in [0.2, 0.25) is 0 Å². The van der Waals surface area contributed by atoms with Gasteiger partial charge in [-0.1, -0.05) is 32.5 Å². The highest BCUT2D eigenvalue weighted by molar-refractivity contribution is 8.00. The molecule has 0 bridgehead atoms. The fraction of sp³-hybridized carbons (Fsp3) is 0.667. The van der Waals surface area contributed by atoms with E-state index < -0.39 is 11.2 Å². The van der Waals surface area contributed by atoms with E-state index in [9.17, 15) is 9.59 Å². The van der Waals surface area contributed by atoms with Gasteiger partial charge in [-0.2, -0.15) is 4.68 Å². The summed E-state index contributed by atoms with van der Waals surface area (Å²) < 4.78 is 1.16. The molecule has 0 aliphatic heterocycles. The molecule has 0 radical (unpaired) electrons. The van der Waals surface area contributed by atoms with E-state index >= 15 is 0 Å². The van der Waals surface area contributed by atoms with Crippen molar-refractivity contribution in [3.63, 3.8) is 0 Å². The van der Waals surface area contributed by atoms with Crippen molar-refractivity contribution in [1.29, 1.82) is 0 Å². The SMILES string of the molecule is CC(Sc1nc(C(C)(C)C)nn1C(=O)N(C)C)C(=O)O. The van der Waals surface area contributed by atoms with E-state index in [1.54, 1.807) is 21.0 Å². The topological polar surface area (TPSA) is 88.3 Å². The number of aromatic nitrogens is 3. The van der Waals surface area contributed by atoms with E-state index in [-0.39, 0.29) is 11.4 Å². The number of nitrogens with zero attached hydrogens (tertiary/aromatic N) is 4. The second kappa shape index (κ2) is 5.82. The highest BCUT2D eigenvalue weighted by Crippen LogP contribution is 2.26. The van der Waals surface area contributed by atoms with Crippen LogP contribution in [0.15, 0.2) is 5.16 Å². The van der Waals surface area contributed by atoms with Crippen molar-refractivity contribution in [3.8, 4) is 0 Å². The predicted molar refractivity (Wildman–Crippen MR) is 76.2 cm³/mol. The van der Waals surface area contributed by atoms with Crippen molar-refractivity contribution in [2.45, 2.75) is 43.5 Å². The number of thioether (sulfide) groups is 1. The normalized spacial score (nSPS) is 13.1. The van der Waals surface area contributed by atoms with E-state index in [1.165, 1.54) is 4.90 Å². The fourth-order valence-corrected chi connectivity index (χ4v) is 1.99. The van der Waals surface area contributed by atoms with Crippen LogP contribution in [0.25, 0.3) is 0 Å². The molecule has 112 valence electrons. The smallest absolute Gasteiger partial charge is 0.346 e. The van der Waals surface area contributed by atoms with E-state index in [4.69, 9.17) is 5.11 Å². The molecule has 1 N–H and O–H groups in total. The van der Waals surface area contributed by atoms with Crippen LogP contribution in [0.5, 0.6) is 0 Å². The third-order valence-corrected chi connectivity index (χ3v) is 3.47. The van der Waals surface area contributed by atoms with Crippen LogP contribution in [0.2, 0.25) is 0 Å². The Balaban J connectivity index is 3.22. The summed E-state index contributed by atoms with van der Waals surface area (Å²) in [6.45, 7) is 7.34. The molecule has 20 heavy (non-hydrogen) atoms. The molecule has 8 heteroatoms. The quantitative estimate of drug-likeness (QED) is 0.854. The highest BCUT2D eigenvalue weighted by atomic mass is 32.2. The zero-order valence-corrected chi connectivity index (χ0v) is 13.4. The summed E-state index contributed by atoms with van der Waals surface area (Å²) in [6, 6.07) is -0.354. The third-order valence-electron chi connectivity index (χ3n) is 2.44. The van der Waals surface area contributed by atoms with E-state index in [1.807, 2.05) is 20.8 Å². The van der Waals surface area contributed by atoms with Crippen molar-refractivity contribution in [2.75, 3.05) is 14.1 Å². The Morgan fingerprint density at radius 1 is 1.35 bits per heavy atom. The maximum atomic E-state index is 12.1. The predicted octanol–water partition coefficient (Wildman–Crippen LogP) is 1.67. The molecular weight excluding hydrogens is 280 g/mol. The summed E-state index contributed by atoms with van der Waals surface area (Å²) in [5.41, 5.74) is -0.320. The fourth-order valence-electron chi connectivity index (χ4n) is 1.21. The summed E-state index contributed by atoms with van der Waals surface area (Å²) in [5.74, 6) is -0.452. The zero-order valence-electron chi connectivity index (χ0n) is 12.5. The lowest BCUT2D eigenvalue weighted by atomic mass is 9.96. The molecular formula is C12H20N4O3S. The van der Waals surface area contributed by atoms with Crippen molar-refractivity contribution in [3.05, 3.63) is 5.82 Å². The van der Waals surface area contributed by atoms with Crippen LogP contribution in [-0.2, 0) is 10.2 Å². The van der Waals surface area contributed by atoms with Gasteiger partial charge in [0.1, 0.15) is 5.25 Å². The van der Waals surface area contributed by atoms with Gasteiger partial charge in [0.25, 0.3) is 0 Å². The van der Waals surface area contributed by atoms with Gasteiger partial charge >= 0.3 is 12.0 Å². The Hall–Kier alpha value is -1.57. The number of hydrogen-bond acceptors (Lipinski definition) is 5. The third kappa shape index (κ3) is 3.72. The van der Waals surface area contributed by atoms with Crippen LogP contribution < -0.4 is 0 Å². The van der Waals surface area contributed by atoms with Crippen molar-refractivity contribution >= 4 is 23.8 Å². The zero-order chi connectivity index (χ0) is 15.7. The molecule has 1 aromatic heterocycles. The molecule has 7 nitrogen and oxygen atoms in total. The lowest BCUT2D eigenvalue weighted by Gasteiger charge is -2.13. The number of hydrogen-bond donors (Lipinski definition) is 1. The van der Waals surface area contributed by atoms with Crippen LogP contribution in [0.3, 0.4) is 0 Å². The number of rotatable bonds is 3. The molecule has 0 aromatic carbocycles. The standard InChI is InChI=1S/C12H20N4O3S/c1-7(8(17)18)20-10-13-9(12(2,3)4)14-16(10)11(19)15(5)6/h7H,1-6H3,(H,17,18). The maximum absolute atomic E-state index is 12.1. The average Bonchev–Trinajstić information content (AvgIpc) is 2.71. The number of carboxylic acid groups (broad SMARTS) is 1. The number of amides is 1. The lowest BCUT2D eigenvalue weighted by Crippen LogP contribution is -2.29. The number of aliphatic carboxylic acids is 1. The van der Waals surface area contributed by atoms with Crippen LogP contribution in [-0.4, -0.2) is 56.1 Å². The molecule has 0 spiro atoms. The van der Waals surface area contributed by atoms with Gasteiger partial charge in [-0.3, -0.25) is 4.79 Å². The molecule has 1 aromatic rings. The number of carbonyl (C=O) groups excluding carboxylic acids is 1. The van der Waals surface area contributed by atoms with Crippen molar-refractivity contribution in [2.24, 2.45) is 0 Å². The molecule has 1 atom stereocenters. The van der Waals surface area contributed by atoms with Crippen LogP contribution >= 0.6 is 11.8 Å². The number of carboxylic acids is 1. The van der Waals surface area contributed by atoms with Gasteiger partial charge in [0, 0.05) is 19.5 Å². The minimum atomic E-state index is -0.959. The summed E-state index contributed by atoms with van der Waals surface area (Å²) >= 11 is 1.00. The van der Waals surface area contributed by atoms with Gasteiger partial charge in [-0.15, -0.1) is 5.10 Å². The Kier molecular flexibility index (Phi) is 4.80. The first-order valence-corrected chi connectivity index (χ1v) is 7.00. The first kappa shape index (κ1) is 16.5. The summed E-state index contributed by atoms with van der Waals surface area (Å²) in [6.07, 6.45) is 0. The van der Waals surface area contributed by atoms with Crippen LogP contribution in [0, 0.1) is 0 Å². The lowest BCUT2D eigenvalue weighted by molar-refractivity contribution is -0.136. The average molecular weight is 300 g/mol. The van der Waals surface area contributed by atoms with Gasteiger partial charge in [-0.25, -0.2) is 9.78 Å². The minimum Gasteiger partial charge on any atom is -0.480 e. The van der Waals surface area contributed by atoms with E-state index in [0.29, 0.717) is 11.0 Å². The summed E-state index contributed by atoms with van der Waals surface area (Å²) in [5, 5.41) is 12.8. The minimum absolute atomic E-state index is 0.295. The highest BCUT2D eigenvalue weighted by Gasteiger charge is 2.27. The van der Waals surface area contributed by atoms with Gasteiger partial charge < -0.3 is 10.0 Å². The van der Waals surface area contributed by atoms with Crippen LogP contribution in [0.1, 0.15) is 33.5 Å². The Labute approximate surface area is 122 Å². The van der Waals surface area contributed by atoms with E-state index in [0.717, 1.165) is 16.4 Å². The summed E-state index contributed by atoms with van der Waals surface area (Å²) in [7, 11) is 3.21. The Morgan fingerprint density at radius 2 is 1.90 bits per heavy atom. The first-order chi connectivity index (χ1) is 9.04. The van der Waals surface area contributed by atoms with Crippen LogP contribution in [0.4, 0.5) is 4.79 Å². The van der Waals surface area contributed by atoms with Crippen molar-refractivity contribution < 1.29 is 14.7 Å². The first-order valence-electron chi connectivity index (χ1n) is 6.12.